The molecule has 0 unspecified atom stereocenters. The number of carbonyl (C=O) groups excluding carboxylic acids is 2. The lowest BCUT2D eigenvalue weighted by molar-refractivity contribution is -0.122. The molecule has 0 radical (unpaired) electrons. The Balaban J connectivity index is 1.33. The molecule has 0 saturated carbocycles. The zero-order valence-electron chi connectivity index (χ0n) is 15.6. The van der Waals surface area contributed by atoms with E-state index in [4.69, 9.17) is 4.74 Å². The topological polar surface area (TPSA) is 70.7 Å². The summed E-state index contributed by atoms with van der Waals surface area (Å²) in [5.74, 6) is 0.120. The fourth-order valence-corrected chi connectivity index (χ4v) is 3.04. The summed E-state index contributed by atoms with van der Waals surface area (Å²) in [6.07, 6.45) is 1.66. The number of nitrogens with one attached hydrogen (secondary N) is 2. The van der Waals surface area contributed by atoms with Gasteiger partial charge in [0.1, 0.15) is 11.6 Å². The number of hydrogen-bond donors (Lipinski definition) is 2. The number of nitrogens with zero attached hydrogens (tertiary/aromatic N) is 1. The molecule has 1 heterocycles. The van der Waals surface area contributed by atoms with Gasteiger partial charge in [0.25, 0.3) is 0 Å². The number of anilines is 1. The SMILES string of the molecule is O=C(CCOc1ccc(F)cc1)NC1CCN(C(=O)Nc2ccccc2)CC1. The van der Waals surface area contributed by atoms with E-state index in [1.54, 1.807) is 4.90 Å². The monoisotopic (exact) mass is 385 g/mol. The van der Waals surface area contributed by atoms with Gasteiger partial charge >= 0.3 is 6.03 Å². The lowest BCUT2D eigenvalue weighted by Gasteiger charge is -2.32. The summed E-state index contributed by atoms with van der Waals surface area (Å²) in [4.78, 5) is 26.1. The number of halogens is 1. The second-order valence-electron chi connectivity index (χ2n) is 6.68. The molecule has 1 fully saturated rings. The van der Waals surface area contributed by atoms with Crippen LogP contribution in [0.2, 0.25) is 0 Å². The standard InChI is InChI=1S/C21H24FN3O3/c22-16-6-8-19(9-7-16)28-15-12-20(26)23-18-10-13-25(14-11-18)21(27)24-17-4-2-1-3-5-17/h1-9,18H,10-15H2,(H,23,26)(H,24,27). The normalized spacial score (nSPS) is 14.4. The Morgan fingerprint density at radius 3 is 2.39 bits per heavy atom. The van der Waals surface area contributed by atoms with Crippen molar-refractivity contribution in [2.24, 2.45) is 0 Å². The third-order valence-electron chi connectivity index (χ3n) is 4.58. The molecule has 2 aromatic carbocycles. The third-order valence-corrected chi connectivity index (χ3v) is 4.58. The number of amides is 3. The van der Waals surface area contributed by atoms with E-state index < -0.39 is 0 Å². The smallest absolute Gasteiger partial charge is 0.321 e. The Bertz CT molecular complexity index is 775. The maximum absolute atomic E-state index is 12.8. The number of ether oxygens (including phenoxy) is 1. The van der Waals surface area contributed by atoms with Gasteiger partial charge in [0, 0.05) is 24.8 Å². The van der Waals surface area contributed by atoms with Crippen molar-refractivity contribution in [3.63, 3.8) is 0 Å². The zero-order chi connectivity index (χ0) is 19.8. The van der Waals surface area contributed by atoms with Gasteiger partial charge in [0.15, 0.2) is 0 Å². The number of para-hydroxylation sites is 1. The predicted molar refractivity (Wildman–Crippen MR) is 105 cm³/mol. The van der Waals surface area contributed by atoms with Crippen molar-refractivity contribution in [1.82, 2.24) is 10.2 Å². The lowest BCUT2D eigenvalue weighted by Crippen LogP contribution is -2.47. The summed E-state index contributed by atoms with van der Waals surface area (Å²) < 4.78 is 18.3. The van der Waals surface area contributed by atoms with Crippen molar-refractivity contribution in [3.8, 4) is 5.75 Å². The van der Waals surface area contributed by atoms with E-state index in [2.05, 4.69) is 10.6 Å². The van der Waals surface area contributed by atoms with Crippen LogP contribution in [-0.2, 0) is 4.79 Å². The maximum Gasteiger partial charge on any atom is 0.321 e. The summed E-state index contributed by atoms with van der Waals surface area (Å²) in [7, 11) is 0. The summed E-state index contributed by atoms with van der Waals surface area (Å²) in [5.41, 5.74) is 0.768. The van der Waals surface area contributed by atoms with Crippen LogP contribution in [0.15, 0.2) is 54.6 Å². The average Bonchev–Trinajstić information content (AvgIpc) is 2.71. The Hall–Kier alpha value is -3.09. The zero-order valence-corrected chi connectivity index (χ0v) is 15.6. The molecule has 0 aromatic heterocycles. The highest BCUT2D eigenvalue weighted by Crippen LogP contribution is 2.14. The largest absolute Gasteiger partial charge is 0.493 e. The number of urea groups is 1. The predicted octanol–water partition coefficient (Wildman–Crippen LogP) is 3.41. The van der Waals surface area contributed by atoms with E-state index in [-0.39, 0.29) is 36.8 Å². The molecular formula is C21H24FN3O3. The van der Waals surface area contributed by atoms with Crippen molar-refractivity contribution in [1.29, 1.82) is 0 Å². The van der Waals surface area contributed by atoms with Crippen LogP contribution in [0.5, 0.6) is 5.75 Å². The molecule has 0 aliphatic carbocycles. The molecule has 0 spiro atoms. The van der Waals surface area contributed by atoms with Crippen LogP contribution >= 0.6 is 0 Å². The number of benzene rings is 2. The average molecular weight is 385 g/mol. The quantitative estimate of drug-likeness (QED) is 0.801. The van der Waals surface area contributed by atoms with Gasteiger partial charge in [0.05, 0.1) is 13.0 Å². The van der Waals surface area contributed by atoms with Crippen LogP contribution in [0.4, 0.5) is 14.9 Å². The molecule has 3 amide bonds. The van der Waals surface area contributed by atoms with Crippen LogP contribution in [0.3, 0.4) is 0 Å². The minimum absolute atomic E-state index is 0.0547. The molecule has 148 valence electrons. The fourth-order valence-electron chi connectivity index (χ4n) is 3.04. The third kappa shape index (κ3) is 5.97. The first-order valence-electron chi connectivity index (χ1n) is 9.39. The maximum atomic E-state index is 12.8. The molecule has 0 atom stereocenters. The first kappa shape index (κ1) is 19.7. The van der Waals surface area contributed by atoms with E-state index in [1.807, 2.05) is 30.3 Å². The summed E-state index contributed by atoms with van der Waals surface area (Å²) in [6.45, 7) is 1.42. The van der Waals surface area contributed by atoms with E-state index in [0.29, 0.717) is 31.7 Å². The number of likely N-dealkylation sites (tertiary alicyclic amines) is 1. The molecule has 2 aromatic rings. The van der Waals surface area contributed by atoms with Gasteiger partial charge in [-0.1, -0.05) is 18.2 Å². The van der Waals surface area contributed by atoms with Crippen LogP contribution in [0.1, 0.15) is 19.3 Å². The Kier molecular flexibility index (Phi) is 6.84. The van der Waals surface area contributed by atoms with Gasteiger partial charge in [0.2, 0.25) is 5.91 Å². The molecule has 1 aliphatic heterocycles. The van der Waals surface area contributed by atoms with Crippen molar-refractivity contribution in [2.75, 3.05) is 25.0 Å². The van der Waals surface area contributed by atoms with Gasteiger partial charge in [-0.15, -0.1) is 0 Å². The number of piperidine rings is 1. The van der Waals surface area contributed by atoms with E-state index in [0.717, 1.165) is 5.69 Å². The lowest BCUT2D eigenvalue weighted by atomic mass is 10.1. The molecule has 2 N–H and O–H groups in total. The van der Waals surface area contributed by atoms with Gasteiger partial charge in [-0.05, 0) is 49.2 Å². The fraction of sp³-hybridized carbons (Fsp3) is 0.333. The van der Waals surface area contributed by atoms with Gasteiger partial charge < -0.3 is 20.3 Å². The van der Waals surface area contributed by atoms with Crippen LogP contribution in [0, 0.1) is 5.82 Å². The number of hydrogen-bond acceptors (Lipinski definition) is 3. The van der Waals surface area contributed by atoms with Crippen LogP contribution in [0.25, 0.3) is 0 Å². The van der Waals surface area contributed by atoms with E-state index in [1.165, 1.54) is 24.3 Å². The first-order valence-corrected chi connectivity index (χ1v) is 9.39. The van der Waals surface area contributed by atoms with Crippen molar-refractivity contribution in [2.45, 2.75) is 25.3 Å². The number of rotatable bonds is 6. The molecule has 1 saturated heterocycles. The second-order valence-corrected chi connectivity index (χ2v) is 6.68. The molecule has 3 rings (SSSR count). The molecule has 0 bridgehead atoms. The van der Waals surface area contributed by atoms with E-state index in [9.17, 15) is 14.0 Å². The molecule has 6 nitrogen and oxygen atoms in total. The Morgan fingerprint density at radius 2 is 1.71 bits per heavy atom. The number of carbonyl (C=O) groups is 2. The van der Waals surface area contributed by atoms with E-state index >= 15 is 0 Å². The van der Waals surface area contributed by atoms with Crippen molar-refractivity contribution < 1.29 is 18.7 Å². The van der Waals surface area contributed by atoms with Gasteiger partial charge in [-0.2, -0.15) is 0 Å². The van der Waals surface area contributed by atoms with Crippen LogP contribution in [-0.4, -0.2) is 42.6 Å². The summed E-state index contributed by atoms with van der Waals surface area (Å²) in [5, 5.41) is 5.86. The molecule has 1 aliphatic rings. The van der Waals surface area contributed by atoms with Crippen molar-refractivity contribution in [3.05, 3.63) is 60.4 Å². The van der Waals surface area contributed by atoms with Gasteiger partial charge in [-0.3, -0.25) is 4.79 Å². The Labute approximate surface area is 163 Å². The molecule has 28 heavy (non-hydrogen) atoms. The minimum Gasteiger partial charge on any atom is -0.493 e. The highest BCUT2D eigenvalue weighted by atomic mass is 19.1. The Morgan fingerprint density at radius 1 is 1.04 bits per heavy atom. The van der Waals surface area contributed by atoms with Crippen LogP contribution < -0.4 is 15.4 Å². The minimum atomic E-state index is -0.325. The second kappa shape index (κ2) is 9.73. The highest BCUT2D eigenvalue weighted by molar-refractivity contribution is 5.89. The summed E-state index contributed by atoms with van der Waals surface area (Å²) >= 11 is 0. The van der Waals surface area contributed by atoms with Crippen molar-refractivity contribution >= 4 is 17.6 Å². The molecular weight excluding hydrogens is 361 g/mol. The summed E-state index contributed by atoms with van der Waals surface area (Å²) in [6, 6.07) is 15.0. The van der Waals surface area contributed by atoms with Gasteiger partial charge in [-0.25, -0.2) is 9.18 Å². The highest BCUT2D eigenvalue weighted by Gasteiger charge is 2.23. The first-order chi connectivity index (χ1) is 13.6. The molecule has 7 heteroatoms.